The molecule has 5 rings (SSSR count). The van der Waals surface area contributed by atoms with E-state index in [9.17, 15) is 13.2 Å². The molecule has 0 fully saturated rings. The van der Waals surface area contributed by atoms with Crippen molar-refractivity contribution < 1.29 is 23.1 Å². The highest BCUT2D eigenvalue weighted by Gasteiger charge is 2.38. The third-order valence-corrected chi connectivity index (χ3v) is 8.12. The van der Waals surface area contributed by atoms with Crippen LogP contribution < -0.4 is 0 Å². The number of aromatic nitrogens is 1. The lowest BCUT2D eigenvalue weighted by atomic mass is 9.88. The highest BCUT2D eigenvalue weighted by atomic mass is 32.1. The fourth-order valence-corrected chi connectivity index (χ4v) is 6.06. The number of pyridine rings is 1. The number of nitrogens with zero attached hydrogens (tertiary/aromatic N) is 1. The molecular formula is C31H26F3NO2S2. The Labute approximate surface area is 233 Å². The van der Waals surface area contributed by atoms with Crippen molar-refractivity contribution >= 4 is 28.6 Å². The Hall–Kier alpha value is -3.75. The van der Waals surface area contributed by atoms with Crippen molar-refractivity contribution in [2.45, 2.75) is 30.9 Å². The van der Waals surface area contributed by atoms with E-state index in [2.05, 4.69) is 107 Å². The first-order chi connectivity index (χ1) is 18.8. The van der Waals surface area contributed by atoms with Crippen LogP contribution in [0.1, 0.15) is 43.8 Å². The molecule has 0 unspecified atom stereocenters. The van der Waals surface area contributed by atoms with Gasteiger partial charge >= 0.3 is 12.1 Å². The Kier molecular flexibility index (Phi) is 9.68. The standard InChI is InChI=1S/C29H25NS2.C2HF3O2/c1-3-9-24(10-4-1)26(28-13-7-15-31-28)18-22-17-23(21-30-20-22)19-27(29-14-8-16-32-29)25-11-5-2-6-12-25;3-2(4,5)1(6)7/h1-17,20-21,26-27H,18-19H2;(H,6,7)/t26-,27-;/m0./s1. The maximum atomic E-state index is 10.6. The van der Waals surface area contributed by atoms with Gasteiger partial charge in [0, 0.05) is 34.0 Å². The highest BCUT2D eigenvalue weighted by molar-refractivity contribution is 7.10. The first-order valence-electron chi connectivity index (χ1n) is 12.2. The number of benzene rings is 2. The Morgan fingerprint density at radius 3 is 1.46 bits per heavy atom. The Bertz CT molecular complexity index is 1330. The van der Waals surface area contributed by atoms with Crippen LogP contribution in [0.4, 0.5) is 13.2 Å². The van der Waals surface area contributed by atoms with Crippen LogP contribution in [0.3, 0.4) is 0 Å². The average Bonchev–Trinajstić information content (AvgIpc) is 3.67. The van der Waals surface area contributed by atoms with E-state index < -0.39 is 12.1 Å². The second-order valence-corrected chi connectivity index (χ2v) is 10.8. The highest BCUT2D eigenvalue weighted by Crippen LogP contribution is 2.34. The maximum absolute atomic E-state index is 10.6. The van der Waals surface area contributed by atoms with Gasteiger partial charge in [0.2, 0.25) is 0 Å². The van der Waals surface area contributed by atoms with E-state index in [1.807, 2.05) is 35.1 Å². The topological polar surface area (TPSA) is 50.2 Å². The Balaban J connectivity index is 0.000000448. The summed E-state index contributed by atoms with van der Waals surface area (Å²) < 4.78 is 31.7. The van der Waals surface area contributed by atoms with Gasteiger partial charge in [-0.1, -0.05) is 78.9 Å². The summed E-state index contributed by atoms with van der Waals surface area (Å²) in [6.45, 7) is 0. The molecule has 0 saturated heterocycles. The number of rotatable bonds is 8. The number of aliphatic carboxylic acids is 1. The molecule has 3 nitrogen and oxygen atoms in total. The van der Waals surface area contributed by atoms with Crippen LogP contribution in [-0.2, 0) is 17.6 Å². The van der Waals surface area contributed by atoms with Gasteiger partial charge in [0.15, 0.2) is 0 Å². The van der Waals surface area contributed by atoms with Gasteiger partial charge in [-0.25, -0.2) is 4.79 Å². The van der Waals surface area contributed by atoms with Gasteiger partial charge in [-0.15, -0.1) is 22.7 Å². The van der Waals surface area contributed by atoms with Gasteiger partial charge in [-0.05, 0) is 58.0 Å². The minimum atomic E-state index is -5.08. The largest absolute Gasteiger partial charge is 0.490 e. The van der Waals surface area contributed by atoms with E-state index in [4.69, 9.17) is 9.90 Å². The van der Waals surface area contributed by atoms with Crippen LogP contribution in [0.5, 0.6) is 0 Å². The Morgan fingerprint density at radius 1 is 0.718 bits per heavy atom. The fourth-order valence-electron chi connectivity index (χ4n) is 4.35. The summed E-state index contributed by atoms with van der Waals surface area (Å²) >= 11 is 3.67. The normalized spacial score (nSPS) is 12.7. The molecule has 0 radical (unpaired) electrons. The summed E-state index contributed by atoms with van der Waals surface area (Å²) in [5, 5.41) is 11.5. The lowest BCUT2D eigenvalue weighted by Crippen LogP contribution is -2.21. The van der Waals surface area contributed by atoms with E-state index in [-0.39, 0.29) is 0 Å². The minimum absolute atomic E-state index is 0.357. The number of thiophene rings is 2. The van der Waals surface area contributed by atoms with Crippen LogP contribution in [-0.4, -0.2) is 22.2 Å². The van der Waals surface area contributed by atoms with Crippen molar-refractivity contribution in [1.29, 1.82) is 0 Å². The van der Waals surface area contributed by atoms with Crippen LogP contribution >= 0.6 is 22.7 Å². The second-order valence-electron chi connectivity index (χ2n) is 8.87. The van der Waals surface area contributed by atoms with Gasteiger partial charge in [-0.3, -0.25) is 4.98 Å². The molecule has 0 aliphatic rings. The summed E-state index contributed by atoms with van der Waals surface area (Å²) in [5.74, 6) is -2.04. The smallest absolute Gasteiger partial charge is 0.475 e. The number of alkyl halides is 3. The molecule has 200 valence electrons. The molecule has 0 amide bonds. The van der Waals surface area contributed by atoms with Crippen molar-refractivity contribution in [3.63, 3.8) is 0 Å². The molecule has 5 aromatic rings. The summed E-state index contributed by atoms with van der Waals surface area (Å²) in [5.41, 5.74) is 5.31. The lowest BCUT2D eigenvalue weighted by molar-refractivity contribution is -0.192. The molecular weight excluding hydrogens is 539 g/mol. The molecule has 0 saturated carbocycles. The van der Waals surface area contributed by atoms with E-state index in [1.165, 1.54) is 32.0 Å². The third-order valence-electron chi connectivity index (χ3n) is 6.15. The minimum Gasteiger partial charge on any atom is -0.475 e. The lowest BCUT2D eigenvalue weighted by Gasteiger charge is -2.18. The number of carboxylic acid groups (broad SMARTS) is 1. The maximum Gasteiger partial charge on any atom is 0.490 e. The number of halogens is 3. The average molecular weight is 566 g/mol. The van der Waals surface area contributed by atoms with Crippen LogP contribution in [0.2, 0.25) is 0 Å². The Morgan fingerprint density at radius 2 is 1.13 bits per heavy atom. The number of carboxylic acids is 1. The van der Waals surface area contributed by atoms with Crippen LogP contribution in [0, 0.1) is 0 Å². The molecule has 0 spiro atoms. The summed E-state index contributed by atoms with van der Waals surface area (Å²) in [6, 6.07) is 32.8. The van der Waals surface area contributed by atoms with E-state index in [0.29, 0.717) is 11.8 Å². The first kappa shape index (κ1) is 28.3. The molecule has 3 heterocycles. The van der Waals surface area contributed by atoms with Crippen molar-refractivity contribution in [2.24, 2.45) is 0 Å². The molecule has 2 aromatic carbocycles. The third kappa shape index (κ3) is 8.12. The van der Waals surface area contributed by atoms with Gasteiger partial charge in [0.05, 0.1) is 0 Å². The monoisotopic (exact) mass is 565 g/mol. The predicted molar refractivity (Wildman–Crippen MR) is 151 cm³/mol. The predicted octanol–water partition coefficient (Wildman–Crippen LogP) is 8.59. The summed E-state index contributed by atoms with van der Waals surface area (Å²) in [7, 11) is 0. The van der Waals surface area contributed by atoms with Gasteiger partial charge in [-0.2, -0.15) is 13.2 Å². The number of hydrogen-bond acceptors (Lipinski definition) is 4. The van der Waals surface area contributed by atoms with E-state index in [1.54, 1.807) is 0 Å². The quantitative estimate of drug-likeness (QED) is 0.205. The molecule has 0 aliphatic heterocycles. The molecule has 2 atom stereocenters. The molecule has 8 heteroatoms. The molecule has 39 heavy (non-hydrogen) atoms. The van der Waals surface area contributed by atoms with E-state index >= 15 is 0 Å². The van der Waals surface area contributed by atoms with Gasteiger partial charge in [0.25, 0.3) is 0 Å². The van der Waals surface area contributed by atoms with Crippen molar-refractivity contribution in [3.05, 3.63) is 146 Å². The SMILES string of the molecule is O=C(O)C(F)(F)F.c1ccc([C@H](Cc2cncc(C[C@@H](c3ccccc3)c3cccs3)c2)c2cccs2)cc1. The molecule has 1 N–H and O–H groups in total. The molecule has 0 bridgehead atoms. The van der Waals surface area contributed by atoms with Crippen molar-refractivity contribution in [1.82, 2.24) is 4.98 Å². The van der Waals surface area contributed by atoms with Gasteiger partial charge < -0.3 is 5.11 Å². The number of carbonyl (C=O) groups is 1. The zero-order valence-electron chi connectivity index (χ0n) is 20.8. The van der Waals surface area contributed by atoms with Crippen molar-refractivity contribution in [3.8, 4) is 0 Å². The van der Waals surface area contributed by atoms with Crippen LogP contribution in [0.25, 0.3) is 0 Å². The van der Waals surface area contributed by atoms with Crippen LogP contribution in [0.15, 0.2) is 114 Å². The van der Waals surface area contributed by atoms with E-state index in [0.717, 1.165) is 12.8 Å². The molecule has 3 aromatic heterocycles. The summed E-state index contributed by atoms with van der Waals surface area (Å²) in [4.78, 5) is 16.4. The van der Waals surface area contributed by atoms with Crippen molar-refractivity contribution in [2.75, 3.05) is 0 Å². The zero-order chi connectivity index (χ0) is 27.7. The molecule has 0 aliphatic carbocycles. The number of hydrogen-bond donors (Lipinski definition) is 1. The fraction of sp³-hybridized carbons (Fsp3) is 0.161. The summed E-state index contributed by atoms with van der Waals surface area (Å²) in [6.07, 6.45) is 0.909. The first-order valence-corrected chi connectivity index (χ1v) is 14.0. The zero-order valence-corrected chi connectivity index (χ0v) is 22.4. The second kappa shape index (κ2) is 13.4. The van der Waals surface area contributed by atoms with Gasteiger partial charge in [0.1, 0.15) is 0 Å².